The molecule has 94 valence electrons. The lowest BCUT2D eigenvalue weighted by Crippen LogP contribution is -2.33. The molecule has 2 rings (SSSR count). The summed E-state index contributed by atoms with van der Waals surface area (Å²) in [5.41, 5.74) is 5.49. The van der Waals surface area contributed by atoms with Crippen molar-refractivity contribution in [3.8, 4) is 0 Å². The van der Waals surface area contributed by atoms with E-state index in [1.807, 2.05) is 0 Å². The van der Waals surface area contributed by atoms with Crippen LogP contribution in [0.25, 0.3) is 0 Å². The monoisotopic (exact) mass is 234 g/mol. The number of rotatable bonds is 4. The third-order valence-electron chi connectivity index (χ3n) is 3.54. The Kier molecular flexibility index (Phi) is 4.54. The number of nitrogens with two attached hydrogens (primary N) is 1. The molecule has 3 N–H and O–H groups in total. The molecular weight excluding hydrogens is 212 g/mol. The summed E-state index contributed by atoms with van der Waals surface area (Å²) in [6.45, 7) is 3.02. The molecule has 17 heavy (non-hydrogen) atoms. The van der Waals surface area contributed by atoms with E-state index in [1.165, 1.54) is 24.0 Å². The number of hydrogen-bond acceptors (Lipinski definition) is 3. The van der Waals surface area contributed by atoms with Gasteiger partial charge in [0.05, 0.1) is 6.10 Å². The van der Waals surface area contributed by atoms with Gasteiger partial charge in [-0.05, 0) is 43.7 Å². The highest BCUT2D eigenvalue weighted by Crippen LogP contribution is 2.26. The standard InChI is InChI=1S/C14H22N2O/c1-11-6-2-3-8-13(11)14(16-15)10-12-7-4-5-9-17-12/h2-3,6,8,12,14,16H,4-5,7,9-10,15H2,1H3. The molecule has 1 aromatic carbocycles. The van der Waals surface area contributed by atoms with Crippen molar-refractivity contribution in [3.63, 3.8) is 0 Å². The van der Waals surface area contributed by atoms with Crippen molar-refractivity contribution in [1.82, 2.24) is 5.43 Å². The predicted molar refractivity (Wildman–Crippen MR) is 69.5 cm³/mol. The van der Waals surface area contributed by atoms with Crippen molar-refractivity contribution in [3.05, 3.63) is 35.4 Å². The summed E-state index contributed by atoms with van der Waals surface area (Å²) < 4.78 is 5.78. The highest BCUT2D eigenvalue weighted by molar-refractivity contribution is 5.28. The first-order chi connectivity index (χ1) is 8.31. The van der Waals surface area contributed by atoms with E-state index in [9.17, 15) is 0 Å². The predicted octanol–water partition coefficient (Wildman–Crippen LogP) is 2.46. The fourth-order valence-electron chi connectivity index (χ4n) is 2.52. The molecule has 3 nitrogen and oxygen atoms in total. The van der Waals surface area contributed by atoms with E-state index in [4.69, 9.17) is 10.6 Å². The number of hydrogen-bond donors (Lipinski definition) is 2. The van der Waals surface area contributed by atoms with Gasteiger partial charge in [-0.25, -0.2) is 0 Å². The summed E-state index contributed by atoms with van der Waals surface area (Å²) in [5, 5.41) is 0. The molecule has 1 fully saturated rings. The molecule has 0 amide bonds. The van der Waals surface area contributed by atoms with Crippen LogP contribution in [-0.4, -0.2) is 12.7 Å². The van der Waals surface area contributed by atoms with Gasteiger partial charge in [0.15, 0.2) is 0 Å². The van der Waals surface area contributed by atoms with E-state index < -0.39 is 0 Å². The van der Waals surface area contributed by atoms with Gasteiger partial charge in [-0.1, -0.05) is 24.3 Å². The molecule has 0 aliphatic carbocycles. The van der Waals surface area contributed by atoms with Gasteiger partial charge in [0.2, 0.25) is 0 Å². The zero-order chi connectivity index (χ0) is 12.1. The number of benzene rings is 1. The second-order valence-electron chi connectivity index (χ2n) is 4.80. The number of aryl methyl sites for hydroxylation is 1. The Labute approximate surface area is 103 Å². The van der Waals surface area contributed by atoms with E-state index >= 15 is 0 Å². The first-order valence-electron chi connectivity index (χ1n) is 6.44. The van der Waals surface area contributed by atoms with Gasteiger partial charge in [0.1, 0.15) is 0 Å². The third kappa shape index (κ3) is 3.28. The van der Waals surface area contributed by atoms with Crippen LogP contribution in [0.1, 0.15) is 42.9 Å². The van der Waals surface area contributed by atoms with Crippen molar-refractivity contribution >= 4 is 0 Å². The SMILES string of the molecule is Cc1ccccc1C(CC1CCCCO1)NN. The molecular formula is C14H22N2O. The number of hydrazine groups is 1. The minimum atomic E-state index is 0.194. The largest absolute Gasteiger partial charge is 0.378 e. The Morgan fingerprint density at radius 3 is 2.88 bits per heavy atom. The average molecular weight is 234 g/mol. The lowest BCUT2D eigenvalue weighted by Gasteiger charge is -2.27. The maximum atomic E-state index is 5.78. The van der Waals surface area contributed by atoms with Crippen LogP contribution in [0.15, 0.2) is 24.3 Å². The first-order valence-corrected chi connectivity index (χ1v) is 6.44. The van der Waals surface area contributed by atoms with Gasteiger partial charge in [0, 0.05) is 12.6 Å². The number of nitrogens with one attached hydrogen (secondary N) is 1. The van der Waals surface area contributed by atoms with Gasteiger partial charge < -0.3 is 4.74 Å². The smallest absolute Gasteiger partial charge is 0.0593 e. The maximum Gasteiger partial charge on any atom is 0.0593 e. The first kappa shape index (κ1) is 12.6. The van der Waals surface area contributed by atoms with Gasteiger partial charge in [-0.2, -0.15) is 0 Å². The molecule has 2 atom stereocenters. The van der Waals surface area contributed by atoms with Crippen molar-refractivity contribution < 1.29 is 4.74 Å². The lowest BCUT2D eigenvalue weighted by atomic mass is 9.94. The Hall–Kier alpha value is -0.900. The lowest BCUT2D eigenvalue weighted by molar-refractivity contribution is 0.00499. The van der Waals surface area contributed by atoms with Crippen LogP contribution in [0, 0.1) is 6.92 Å². The molecule has 0 radical (unpaired) electrons. The zero-order valence-electron chi connectivity index (χ0n) is 10.5. The summed E-state index contributed by atoms with van der Waals surface area (Å²) in [4.78, 5) is 0. The highest BCUT2D eigenvalue weighted by Gasteiger charge is 2.20. The van der Waals surface area contributed by atoms with Gasteiger partial charge >= 0.3 is 0 Å². The fourth-order valence-corrected chi connectivity index (χ4v) is 2.52. The van der Waals surface area contributed by atoms with Crippen molar-refractivity contribution in [2.75, 3.05) is 6.61 Å². The zero-order valence-corrected chi connectivity index (χ0v) is 10.5. The molecule has 0 bridgehead atoms. The topological polar surface area (TPSA) is 47.3 Å². The molecule has 0 spiro atoms. The molecule has 2 unspecified atom stereocenters. The van der Waals surface area contributed by atoms with E-state index in [0.29, 0.717) is 6.10 Å². The average Bonchev–Trinajstić information content (AvgIpc) is 2.38. The fraction of sp³-hybridized carbons (Fsp3) is 0.571. The Balaban J connectivity index is 2.03. The van der Waals surface area contributed by atoms with Crippen molar-refractivity contribution in [1.29, 1.82) is 0 Å². The third-order valence-corrected chi connectivity index (χ3v) is 3.54. The van der Waals surface area contributed by atoms with Crippen LogP contribution in [0.2, 0.25) is 0 Å². The summed E-state index contributed by atoms with van der Waals surface area (Å²) in [7, 11) is 0. The van der Waals surface area contributed by atoms with Crippen LogP contribution >= 0.6 is 0 Å². The summed E-state index contributed by atoms with van der Waals surface area (Å²) in [6, 6.07) is 8.58. The Morgan fingerprint density at radius 1 is 1.41 bits per heavy atom. The maximum absolute atomic E-state index is 5.78. The molecule has 1 aromatic rings. The van der Waals surface area contributed by atoms with Crippen LogP contribution in [-0.2, 0) is 4.74 Å². The van der Waals surface area contributed by atoms with E-state index in [1.54, 1.807) is 0 Å². The summed E-state index contributed by atoms with van der Waals surface area (Å²) >= 11 is 0. The summed E-state index contributed by atoms with van der Waals surface area (Å²) in [5.74, 6) is 5.69. The van der Waals surface area contributed by atoms with Crippen LogP contribution in [0.5, 0.6) is 0 Å². The van der Waals surface area contributed by atoms with E-state index in [0.717, 1.165) is 19.4 Å². The molecule has 0 aromatic heterocycles. The van der Waals surface area contributed by atoms with E-state index in [-0.39, 0.29) is 6.04 Å². The molecule has 1 saturated heterocycles. The second-order valence-corrected chi connectivity index (χ2v) is 4.80. The second kappa shape index (κ2) is 6.15. The molecule has 0 saturated carbocycles. The Morgan fingerprint density at radius 2 is 2.24 bits per heavy atom. The Bertz CT molecular complexity index is 348. The minimum absolute atomic E-state index is 0.194. The van der Waals surface area contributed by atoms with Gasteiger partial charge in [0.25, 0.3) is 0 Å². The normalized spacial score (nSPS) is 22.4. The van der Waals surface area contributed by atoms with Crippen LogP contribution in [0.3, 0.4) is 0 Å². The van der Waals surface area contributed by atoms with Crippen molar-refractivity contribution in [2.24, 2.45) is 5.84 Å². The minimum Gasteiger partial charge on any atom is -0.378 e. The quantitative estimate of drug-likeness (QED) is 0.621. The molecule has 1 aliphatic heterocycles. The van der Waals surface area contributed by atoms with Crippen molar-refractivity contribution in [2.45, 2.75) is 44.8 Å². The van der Waals surface area contributed by atoms with Crippen LogP contribution < -0.4 is 11.3 Å². The van der Waals surface area contributed by atoms with Gasteiger partial charge in [-0.15, -0.1) is 0 Å². The molecule has 3 heteroatoms. The van der Waals surface area contributed by atoms with E-state index in [2.05, 4.69) is 36.6 Å². The number of ether oxygens (including phenoxy) is 1. The van der Waals surface area contributed by atoms with Gasteiger partial charge in [-0.3, -0.25) is 11.3 Å². The molecule has 1 heterocycles. The molecule has 1 aliphatic rings. The summed E-state index contributed by atoms with van der Waals surface area (Å²) in [6.07, 6.45) is 4.94. The highest BCUT2D eigenvalue weighted by atomic mass is 16.5. The van der Waals surface area contributed by atoms with Crippen LogP contribution in [0.4, 0.5) is 0 Å².